The maximum atomic E-state index is 14.5. The van der Waals surface area contributed by atoms with Gasteiger partial charge in [-0.1, -0.05) is 20.3 Å². The zero-order chi connectivity index (χ0) is 25.5. The number of hydrogen-bond acceptors (Lipinski definition) is 10. The van der Waals surface area contributed by atoms with Gasteiger partial charge in [0.05, 0.1) is 12.9 Å². The van der Waals surface area contributed by atoms with Crippen molar-refractivity contribution in [1.29, 1.82) is 0 Å². The Hall–Kier alpha value is -3.06. The third kappa shape index (κ3) is 6.75. The van der Waals surface area contributed by atoms with Gasteiger partial charge in [-0.15, -0.1) is 0 Å². The number of hydrogen-bond donors (Lipinski definition) is 3. The second kappa shape index (κ2) is 12.1. The lowest BCUT2D eigenvalue weighted by Gasteiger charge is -2.16. The summed E-state index contributed by atoms with van der Waals surface area (Å²) in [6.45, 7) is 3.87. The van der Waals surface area contributed by atoms with Crippen molar-refractivity contribution in [2.45, 2.75) is 76.9 Å². The number of alkyl halides is 1. The van der Waals surface area contributed by atoms with E-state index >= 15 is 0 Å². The van der Waals surface area contributed by atoms with Crippen LogP contribution in [0.25, 0.3) is 11.2 Å². The molecular weight excluding hydrogens is 463 g/mol. The first-order valence-corrected chi connectivity index (χ1v) is 11.8. The lowest BCUT2D eigenvalue weighted by molar-refractivity contribution is -0.150. The van der Waals surface area contributed by atoms with E-state index in [1.54, 1.807) is 0 Å². The SMILES string of the molecule is CC[C@H](C)[C@H](N)C(=O)OCCCCCC(=O)OC[C@H]1O[C@@H](n2cnc3c(=O)[nH]c(N)nc32)C[C@@H]1F. The molecule has 0 saturated carbocycles. The molecule has 194 valence electrons. The van der Waals surface area contributed by atoms with E-state index in [9.17, 15) is 18.8 Å². The van der Waals surface area contributed by atoms with Gasteiger partial charge in [0.2, 0.25) is 5.95 Å². The molecule has 35 heavy (non-hydrogen) atoms. The molecule has 5 atom stereocenters. The van der Waals surface area contributed by atoms with Crippen LogP contribution in [0.3, 0.4) is 0 Å². The van der Waals surface area contributed by atoms with Crippen molar-refractivity contribution in [2.24, 2.45) is 11.7 Å². The zero-order valence-corrected chi connectivity index (χ0v) is 19.9. The van der Waals surface area contributed by atoms with E-state index in [-0.39, 0.29) is 49.1 Å². The normalized spacial score (nSPS) is 21.7. The van der Waals surface area contributed by atoms with Crippen molar-refractivity contribution >= 4 is 29.1 Å². The lowest BCUT2D eigenvalue weighted by Crippen LogP contribution is -2.38. The van der Waals surface area contributed by atoms with Crippen molar-refractivity contribution in [2.75, 3.05) is 18.9 Å². The summed E-state index contributed by atoms with van der Waals surface area (Å²) in [7, 11) is 0. The number of carbonyl (C=O) groups is 2. The number of nitrogens with two attached hydrogens (primary N) is 2. The van der Waals surface area contributed by atoms with Crippen LogP contribution in [0.1, 0.15) is 58.6 Å². The topological polar surface area (TPSA) is 177 Å². The number of nitrogens with zero attached hydrogens (tertiary/aromatic N) is 3. The van der Waals surface area contributed by atoms with Crippen LogP contribution in [0, 0.1) is 5.92 Å². The first-order chi connectivity index (χ1) is 16.7. The summed E-state index contributed by atoms with van der Waals surface area (Å²) in [6.07, 6.45) is 1.01. The Bertz CT molecular complexity index is 1070. The van der Waals surface area contributed by atoms with Gasteiger partial charge in [-0.05, 0) is 25.2 Å². The number of rotatable bonds is 12. The molecule has 5 N–H and O–H groups in total. The molecule has 2 aromatic heterocycles. The highest BCUT2D eigenvalue weighted by Crippen LogP contribution is 2.32. The number of unbranched alkanes of at least 4 members (excludes halogenated alkanes) is 2. The standard InChI is InChI=1S/C22H33FN6O6/c1-3-12(2)17(24)21(32)33-8-6-4-5-7-16(30)34-10-14-13(23)9-15(35-14)29-11-26-18-19(29)27-22(25)28-20(18)31/h11-15,17H,3-10,24H2,1-2H3,(H3,25,27,28,31)/t12-,13-,14+,15+,17-/m0/s1. The Balaban J connectivity index is 1.36. The van der Waals surface area contributed by atoms with Crippen LogP contribution in [0.2, 0.25) is 0 Å². The summed E-state index contributed by atoms with van der Waals surface area (Å²) in [5.74, 6) is -0.907. The van der Waals surface area contributed by atoms with Crippen LogP contribution in [-0.4, -0.2) is 63.0 Å². The zero-order valence-electron chi connectivity index (χ0n) is 19.9. The van der Waals surface area contributed by atoms with E-state index in [1.165, 1.54) is 10.9 Å². The van der Waals surface area contributed by atoms with Gasteiger partial charge in [0.15, 0.2) is 11.2 Å². The molecule has 0 radical (unpaired) electrons. The van der Waals surface area contributed by atoms with Gasteiger partial charge in [-0.2, -0.15) is 4.98 Å². The van der Waals surface area contributed by atoms with Crippen molar-refractivity contribution in [1.82, 2.24) is 19.5 Å². The average Bonchev–Trinajstić information content (AvgIpc) is 3.41. The van der Waals surface area contributed by atoms with E-state index in [2.05, 4.69) is 15.0 Å². The minimum absolute atomic E-state index is 0.0124. The van der Waals surface area contributed by atoms with E-state index in [0.717, 1.165) is 6.42 Å². The van der Waals surface area contributed by atoms with Crippen molar-refractivity contribution in [3.05, 3.63) is 16.7 Å². The molecule has 12 nitrogen and oxygen atoms in total. The number of fused-ring (bicyclic) bond motifs is 1. The Morgan fingerprint density at radius 3 is 2.86 bits per heavy atom. The van der Waals surface area contributed by atoms with Gasteiger partial charge in [0, 0.05) is 12.8 Å². The Morgan fingerprint density at radius 1 is 1.34 bits per heavy atom. The van der Waals surface area contributed by atoms with Crippen LogP contribution in [0.15, 0.2) is 11.1 Å². The van der Waals surface area contributed by atoms with Crippen molar-refractivity contribution < 1.29 is 28.2 Å². The molecule has 0 unspecified atom stereocenters. The molecule has 3 heterocycles. The van der Waals surface area contributed by atoms with E-state index in [0.29, 0.717) is 19.3 Å². The van der Waals surface area contributed by atoms with Crippen LogP contribution in [0.4, 0.5) is 10.3 Å². The summed E-state index contributed by atoms with van der Waals surface area (Å²) >= 11 is 0. The summed E-state index contributed by atoms with van der Waals surface area (Å²) in [6, 6.07) is -0.628. The van der Waals surface area contributed by atoms with Crippen molar-refractivity contribution in [3.8, 4) is 0 Å². The smallest absolute Gasteiger partial charge is 0.323 e. The molecule has 13 heteroatoms. The predicted molar refractivity (Wildman–Crippen MR) is 124 cm³/mol. The van der Waals surface area contributed by atoms with Gasteiger partial charge in [-0.25, -0.2) is 9.37 Å². The number of anilines is 1. The predicted octanol–water partition coefficient (Wildman–Crippen LogP) is 1.35. The first-order valence-electron chi connectivity index (χ1n) is 11.8. The summed E-state index contributed by atoms with van der Waals surface area (Å²) in [4.78, 5) is 46.2. The van der Waals surface area contributed by atoms with Crippen LogP contribution >= 0.6 is 0 Å². The monoisotopic (exact) mass is 496 g/mol. The number of nitrogen functional groups attached to an aromatic ring is 1. The largest absolute Gasteiger partial charge is 0.465 e. The van der Waals surface area contributed by atoms with Gasteiger partial charge in [0.1, 0.15) is 31.2 Å². The summed E-state index contributed by atoms with van der Waals surface area (Å²) in [5.41, 5.74) is 11.2. The van der Waals surface area contributed by atoms with Crippen LogP contribution in [0.5, 0.6) is 0 Å². The molecule has 0 bridgehead atoms. The number of ether oxygens (including phenoxy) is 3. The number of carbonyl (C=O) groups excluding carboxylic acids is 2. The average molecular weight is 497 g/mol. The van der Waals surface area contributed by atoms with Crippen LogP contribution in [-0.2, 0) is 23.8 Å². The molecule has 0 aromatic carbocycles. The highest BCUT2D eigenvalue weighted by atomic mass is 19.1. The fourth-order valence-electron chi connectivity index (χ4n) is 3.71. The minimum Gasteiger partial charge on any atom is -0.465 e. The fourth-order valence-corrected chi connectivity index (χ4v) is 3.71. The molecular formula is C22H33FN6O6. The minimum atomic E-state index is -1.37. The molecule has 1 aliphatic rings. The van der Waals surface area contributed by atoms with E-state index < -0.39 is 42.0 Å². The fraction of sp³-hybridized carbons (Fsp3) is 0.682. The molecule has 1 fully saturated rings. The molecule has 3 rings (SSSR count). The third-order valence-corrected chi connectivity index (χ3v) is 6.13. The first kappa shape index (κ1) is 26.5. The maximum Gasteiger partial charge on any atom is 0.323 e. The highest BCUT2D eigenvalue weighted by Gasteiger charge is 2.38. The summed E-state index contributed by atoms with van der Waals surface area (Å²) < 4.78 is 32.0. The third-order valence-electron chi connectivity index (χ3n) is 6.13. The number of H-pyrrole nitrogens is 1. The van der Waals surface area contributed by atoms with Gasteiger partial charge < -0.3 is 25.7 Å². The quantitative estimate of drug-likeness (QED) is 0.287. The number of halogens is 1. The van der Waals surface area contributed by atoms with E-state index in [1.807, 2.05) is 13.8 Å². The number of imidazole rings is 1. The Morgan fingerprint density at radius 2 is 2.11 bits per heavy atom. The van der Waals surface area contributed by atoms with Gasteiger partial charge >= 0.3 is 11.9 Å². The summed E-state index contributed by atoms with van der Waals surface area (Å²) in [5, 5.41) is 0. The molecule has 0 aliphatic carbocycles. The second-order valence-electron chi connectivity index (χ2n) is 8.73. The van der Waals surface area contributed by atoms with Crippen LogP contribution < -0.4 is 17.0 Å². The number of nitrogens with one attached hydrogen (secondary N) is 1. The molecule has 1 aliphatic heterocycles. The maximum absolute atomic E-state index is 14.5. The molecule has 2 aromatic rings. The number of esters is 2. The molecule has 0 spiro atoms. The molecule has 0 amide bonds. The molecule has 1 saturated heterocycles. The Kier molecular flexibility index (Phi) is 9.15. The Labute approximate surface area is 201 Å². The number of aromatic amines is 1. The second-order valence-corrected chi connectivity index (χ2v) is 8.73. The van der Waals surface area contributed by atoms with Gasteiger partial charge in [0.25, 0.3) is 5.56 Å². The highest BCUT2D eigenvalue weighted by molar-refractivity contribution is 5.75. The van der Waals surface area contributed by atoms with Crippen molar-refractivity contribution in [3.63, 3.8) is 0 Å². The number of aromatic nitrogens is 4. The van der Waals surface area contributed by atoms with E-state index in [4.69, 9.17) is 25.7 Å². The lowest BCUT2D eigenvalue weighted by atomic mass is 10.0. The van der Waals surface area contributed by atoms with Gasteiger partial charge in [-0.3, -0.25) is 23.9 Å².